The second kappa shape index (κ2) is 10.2. The lowest BCUT2D eigenvalue weighted by atomic mass is 9.98. The summed E-state index contributed by atoms with van der Waals surface area (Å²) in [7, 11) is 0. The van der Waals surface area contributed by atoms with Crippen molar-refractivity contribution in [2.45, 2.75) is 38.6 Å². The summed E-state index contributed by atoms with van der Waals surface area (Å²) in [6.45, 7) is 5.80. The summed E-state index contributed by atoms with van der Waals surface area (Å²) >= 11 is 0. The number of aryl methyl sites for hydroxylation is 1. The van der Waals surface area contributed by atoms with Gasteiger partial charge in [-0.15, -0.1) is 0 Å². The van der Waals surface area contributed by atoms with Gasteiger partial charge < -0.3 is 19.4 Å². The quantitative estimate of drug-likeness (QED) is 0.603. The van der Waals surface area contributed by atoms with E-state index in [2.05, 4.69) is 22.6 Å². The van der Waals surface area contributed by atoms with Gasteiger partial charge in [0.25, 0.3) is 0 Å². The maximum Gasteiger partial charge on any atom is 0.247 e. The smallest absolute Gasteiger partial charge is 0.247 e. The highest BCUT2D eigenvalue weighted by Crippen LogP contribution is 2.18. The van der Waals surface area contributed by atoms with E-state index in [1.165, 1.54) is 5.56 Å². The molecule has 0 radical (unpaired) electrons. The fraction of sp³-hybridized carbons (Fsp3) is 0.423. The Morgan fingerprint density at radius 3 is 2.79 bits per heavy atom. The van der Waals surface area contributed by atoms with Crippen LogP contribution in [-0.4, -0.2) is 57.9 Å². The summed E-state index contributed by atoms with van der Waals surface area (Å²) in [4.78, 5) is 32.1. The highest BCUT2D eigenvalue weighted by atomic mass is 16.5. The van der Waals surface area contributed by atoms with Crippen LogP contribution >= 0.6 is 0 Å². The third-order valence-corrected chi connectivity index (χ3v) is 6.07. The van der Waals surface area contributed by atoms with E-state index in [0.717, 1.165) is 17.6 Å². The SMILES string of the molecule is CC(C)(NC(=O)CCc1ccccc1)C(=O)N1CCOC[C@@H](Cc2ccc3nccn3c2)C1. The van der Waals surface area contributed by atoms with Gasteiger partial charge in [0.2, 0.25) is 11.8 Å². The Bertz CT molecular complexity index is 1090. The zero-order valence-corrected chi connectivity index (χ0v) is 19.4. The van der Waals surface area contributed by atoms with Gasteiger partial charge in [-0.1, -0.05) is 36.4 Å². The van der Waals surface area contributed by atoms with E-state index in [9.17, 15) is 9.59 Å². The second-order valence-corrected chi connectivity index (χ2v) is 9.29. The lowest BCUT2D eigenvalue weighted by Crippen LogP contribution is -2.57. The molecule has 2 amide bonds. The van der Waals surface area contributed by atoms with Crippen molar-refractivity contribution < 1.29 is 14.3 Å². The number of hydrogen-bond donors (Lipinski definition) is 1. The third-order valence-electron chi connectivity index (χ3n) is 6.07. The number of amides is 2. The molecule has 33 heavy (non-hydrogen) atoms. The molecular weight excluding hydrogens is 416 g/mol. The number of ether oxygens (including phenoxy) is 1. The Morgan fingerprint density at radius 2 is 1.97 bits per heavy atom. The molecule has 1 aliphatic heterocycles. The van der Waals surface area contributed by atoms with E-state index < -0.39 is 5.54 Å². The first kappa shape index (κ1) is 23.0. The Morgan fingerprint density at radius 1 is 1.15 bits per heavy atom. The fourth-order valence-electron chi connectivity index (χ4n) is 4.37. The molecule has 1 saturated heterocycles. The highest BCUT2D eigenvalue weighted by Gasteiger charge is 2.35. The molecule has 3 heterocycles. The molecule has 1 fully saturated rings. The summed E-state index contributed by atoms with van der Waals surface area (Å²) in [5.74, 6) is -0.00779. The van der Waals surface area contributed by atoms with E-state index in [4.69, 9.17) is 4.74 Å². The molecule has 0 spiro atoms. The number of carbonyl (C=O) groups is 2. The summed E-state index contributed by atoms with van der Waals surface area (Å²) in [5.41, 5.74) is 2.23. The van der Waals surface area contributed by atoms with Crippen LogP contribution in [0.15, 0.2) is 61.1 Å². The Hall–Kier alpha value is -3.19. The van der Waals surface area contributed by atoms with Crippen molar-refractivity contribution in [3.05, 3.63) is 72.2 Å². The molecule has 0 bridgehead atoms. The molecule has 7 nitrogen and oxygen atoms in total. The van der Waals surface area contributed by atoms with Crippen molar-refractivity contribution >= 4 is 17.5 Å². The third kappa shape index (κ3) is 5.99. The molecule has 7 heteroatoms. The minimum absolute atomic E-state index is 0.0730. The van der Waals surface area contributed by atoms with E-state index in [1.807, 2.05) is 51.9 Å². The minimum Gasteiger partial charge on any atom is -0.379 e. The van der Waals surface area contributed by atoms with Crippen molar-refractivity contribution in [2.24, 2.45) is 5.92 Å². The molecule has 4 rings (SSSR count). The Balaban J connectivity index is 1.35. The van der Waals surface area contributed by atoms with E-state index in [-0.39, 0.29) is 17.7 Å². The number of carbonyl (C=O) groups excluding carboxylic acids is 2. The van der Waals surface area contributed by atoms with Gasteiger partial charge in [0, 0.05) is 44.0 Å². The molecule has 0 unspecified atom stereocenters. The summed E-state index contributed by atoms with van der Waals surface area (Å²) in [5, 5.41) is 2.94. The zero-order chi connectivity index (χ0) is 23.3. The lowest BCUT2D eigenvalue weighted by molar-refractivity contribution is -0.140. The number of fused-ring (bicyclic) bond motifs is 1. The van der Waals surface area contributed by atoms with Crippen molar-refractivity contribution in [2.75, 3.05) is 26.3 Å². The number of benzene rings is 1. The largest absolute Gasteiger partial charge is 0.379 e. The molecule has 3 aromatic rings. The van der Waals surface area contributed by atoms with Crippen LogP contribution in [0.4, 0.5) is 0 Å². The van der Waals surface area contributed by atoms with Crippen LogP contribution < -0.4 is 5.32 Å². The maximum absolute atomic E-state index is 13.4. The van der Waals surface area contributed by atoms with Crippen molar-refractivity contribution in [3.63, 3.8) is 0 Å². The Kier molecular flexibility index (Phi) is 7.08. The summed E-state index contributed by atoms with van der Waals surface area (Å²) in [6.07, 6.45) is 7.60. The fourth-order valence-corrected chi connectivity index (χ4v) is 4.37. The lowest BCUT2D eigenvalue weighted by Gasteiger charge is -2.33. The van der Waals surface area contributed by atoms with Gasteiger partial charge in [-0.05, 0) is 43.9 Å². The van der Waals surface area contributed by atoms with Gasteiger partial charge in [0.05, 0.1) is 13.2 Å². The minimum atomic E-state index is -0.974. The van der Waals surface area contributed by atoms with Gasteiger partial charge in [-0.2, -0.15) is 0 Å². The van der Waals surface area contributed by atoms with Crippen LogP contribution in [0.3, 0.4) is 0 Å². The Labute approximate surface area is 194 Å². The number of hydrogen-bond acceptors (Lipinski definition) is 4. The van der Waals surface area contributed by atoms with Crippen LogP contribution in [0, 0.1) is 5.92 Å². The summed E-state index contributed by atoms with van der Waals surface area (Å²) < 4.78 is 7.82. The normalized spacial score (nSPS) is 17.0. The molecule has 0 saturated carbocycles. The van der Waals surface area contributed by atoms with Crippen molar-refractivity contribution in [3.8, 4) is 0 Å². The van der Waals surface area contributed by atoms with Gasteiger partial charge >= 0.3 is 0 Å². The van der Waals surface area contributed by atoms with Crippen LogP contribution in [-0.2, 0) is 27.2 Å². The topological polar surface area (TPSA) is 75.9 Å². The molecule has 2 aromatic heterocycles. The molecule has 1 N–H and O–H groups in total. The summed E-state index contributed by atoms with van der Waals surface area (Å²) in [6, 6.07) is 14.0. The van der Waals surface area contributed by atoms with E-state index >= 15 is 0 Å². The first-order valence-electron chi connectivity index (χ1n) is 11.5. The molecule has 174 valence electrons. The van der Waals surface area contributed by atoms with Crippen LogP contribution in [0.25, 0.3) is 5.65 Å². The molecule has 1 aliphatic rings. The van der Waals surface area contributed by atoms with Crippen molar-refractivity contribution in [1.82, 2.24) is 19.6 Å². The van der Waals surface area contributed by atoms with Gasteiger partial charge in [-0.25, -0.2) is 4.98 Å². The predicted octanol–water partition coefficient (Wildman–Crippen LogP) is 2.88. The van der Waals surface area contributed by atoms with Crippen LogP contribution in [0.2, 0.25) is 0 Å². The molecular formula is C26H32N4O3. The van der Waals surface area contributed by atoms with Gasteiger partial charge in [0.1, 0.15) is 11.2 Å². The first-order chi connectivity index (χ1) is 15.9. The van der Waals surface area contributed by atoms with E-state index in [0.29, 0.717) is 39.1 Å². The molecule has 0 aliphatic carbocycles. The number of pyridine rings is 1. The van der Waals surface area contributed by atoms with E-state index in [1.54, 1.807) is 20.0 Å². The predicted molar refractivity (Wildman–Crippen MR) is 127 cm³/mol. The second-order valence-electron chi connectivity index (χ2n) is 9.29. The zero-order valence-electron chi connectivity index (χ0n) is 19.4. The number of nitrogens with zero attached hydrogens (tertiary/aromatic N) is 3. The first-order valence-corrected chi connectivity index (χ1v) is 11.5. The van der Waals surface area contributed by atoms with Crippen molar-refractivity contribution in [1.29, 1.82) is 0 Å². The maximum atomic E-state index is 13.4. The number of imidazole rings is 1. The number of nitrogens with one attached hydrogen (secondary N) is 1. The average molecular weight is 449 g/mol. The highest BCUT2D eigenvalue weighted by molar-refractivity contribution is 5.90. The van der Waals surface area contributed by atoms with Crippen LogP contribution in [0.5, 0.6) is 0 Å². The standard InChI is InChI=1S/C26H32N4O3/c1-26(2,28-24(31)11-9-20-6-4-3-5-7-20)25(32)30-14-15-33-19-22(18-30)16-21-8-10-23-27-12-13-29(23)17-21/h3-8,10,12-13,17,22H,9,11,14-16,18-19H2,1-2H3,(H,28,31)/t22-/m0/s1. The number of rotatable bonds is 7. The van der Waals surface area contributed by atoms with Gasteiger partial charge in [0.15, 0.2) is 0 Å². The van der Waals surface area contributed by atoms with Crippen LogP contribution in [0.1, 0.15) is 31.4 Å². The molecule has 1 atom stereocenters. The average Bonchev–Trinajstić information content (AvgIpc) is 3.15. The molecule has 1 aromatic carbocycles. The monoisotopic (exact) mass is 448 g/mol. The van der Waals surface area contributed by atoms with Gasteiger partial charge in [-0.3, -0.25) is 9.59 Å². The number of aromatic nitrogens is 2.